The van der Waals surface area contributed by atoms with Gasteiger partial charge in [0.1, 0.15) is 12.4 Å². The van der Waals surface area contributed by atoms with Crippen LogP contribution in [0.1, 0.15) is 46.5 Å². The van der Waals surface area contributed by atoms with Crippen molar-refractivity contribution in [3.05, 3.63) is 36.0 Å². The fourth-order valence-corrected chi connectivity index (χ4v) is 4.97. The van der Waals surface area contributed by atoms with Crippen molar-refractivity contribution >= 4 is 11.8 Å². The molecule has 0 radical (unpaired) electrons. The van der Waals surface area contributed by atoms with Gasteiger partial charge in [-0.2, -0.15) is 0 Å². The third-order valence-electron chi connectivity index (χ3n) is 6.37. The van der Waals surface area contributed by atoms with Gasteiger partial charge in [-0.1, -0.05) is 45.1 Å². The van der Waals surface area contributed by atoms with Crippen LogP contribution < -0.4 is 0 Å². The normalized spacial score (nSPS) is 36.8. The summed E-state index contributed by atoms with van der Waals surface area (Å²) in [5.41, 5.74) is 1.97. The number of allylic oxidation sites excluding steroid dienone is 2. The number of hydrogen-bond donors (Lipinski definition) is 0. The maximum Gasteiger partial charge on any atom is 0.331 e. The van der Waals surface area contributed by atoms with E-state index in [-0.39, 0.29) is 22.7 Å². The second-order valence-corrected chi connectivity index (χ2v) is 8.06. The van der Waals surface area contributed by atoms with Gasteiger partial charge in [-0.25, -0.2) is 4.79 Å². The fourth-order valence-electron chi connectivity index (χ4n) is 4.97. The van der Waals surface area contributed by atoms with Gasteiger partial charge in [0.05, 0.1) is 0 Å². The van der Waals surface area contributed by atoms with Crippen molar-refractivity contribution in [2.45, 2.75) is 46.5 Å². The van der Waals surface area contributed by atoms with Crippen LogP contribution in [-0.2, 0) is 14.3 Å². The lowest BCUT2D eigenvalue weighted by molar-refractivity contribution is -0.143. The highest BCUT2D eigenvalue weighted by Gasteiger charge is 2.55. The number of esters is 1. The molecular formula is C20H26O3. The lowest BCUT2D eigenvalue weighted by Crippen LogP contribution is -2.52. The molecule has 3 rings (SSSR count). The van der Waals surface area contributed by atoms with E-state index in [9.17, 15) is 9.59 Å². The van der Waals surface area contributed by atoms with E-state index in [1.54, 1.807) is 6.08 Å². The first-order chi connectivity index (χ1) is 10.7. The largest absolute Gasteiger partial charge is 0.458 e. The summed E-state index contributed by atoms with van der Waals surface area (Å²) in [4.78, 5) is 23.6. The molecule has 0 unspecified atom stereocenters. The maximum atomic E-state index is 12.4. The lowest BCUT2D eigenvalue weighted by Gasteiger charge is -2.56. The number of cyclic esters (lactones) is 1. The van der Waals surface area contributed by atoms with Gasteiger partial charge in [0.15, 0.2) is 0 Å². The highest BCUT2D eigenvalue weighted by molar-refractivity contribution is 5.86. The molecule has 2 fully saturated rings. The standard InChI is InChI=1S/C20H26O3/c1-13-5-8-16-19(2,3)17(21)9-10-20(16,4)15(13)7-6-14-11-18(22)23-12-14/h6-7,11,15-16H,1,5,8-10,12H2,2-4H3/b7-6+/t15-,16-,20+/m0/s1. The van der Waals surface area contributed by atoms with E-state index in [0.29, 0.717) is 24.7 Å². The Morgan fingerprint density at radius 1 is 1.26 bits per heavy atom. The lowest BCUT2D eigenvalue weighted by atomic mass is 9.47. The Labute approximate surface area is 138 Å². The molecule has 1 aliphatic heterocycles. The minimum absolute atomic E-state index is 0.0628. The van der Waals surface area contributed by atoms with Gasteiger partial charge in [0, 0.05) is 23.8 Å². The van der Waals surface area contributed by atoms with Gasteiger partial charge in [0.25, 0.3) is 0 Å². The summed E-state index contributed by atoms with van der Waals surface area (Å²) in [6.07, 6.45) is 9.34. The molecule has 0 bridgehead atoms. The Balaban J connectivity index is 1.91. The Morgan fingerprint density at radius 2 is 2.00 bits per heavy atom. The van der Waals surface area contributed by atoms with Crippen molar-refractivity contribution in [1.82, 2.24) is 0 Å². The number of ketones is 1. The fraction of sp³-hybridized carbons (Fsp3) is 0.600. The van der Waals surface area contributed by atoms with Crippen LogP contribution in [0, 0.1) is 22.7 Å². The van der Waals surface area contributed by atoms with E-state index in [1.807, 2.05) is 6.08 Å². The smallest absolute Gasteiger partial charge is 0.331 e. The van der Waals surface area contributed by atoms with Gasteiger partial charge in [0.2, 0.25) is 0 Å². The second-order valence-electron chi connectivity index (χ2n) is 8.06. The van der Waals surface area contributed by atoms with Crippen molar-refractivity contribution in [3.63, 3.8) is 0 Å². The number of Topliss-reactive ketones (excluding diaryl/α,β-unsaturated/α-hetero) is 1. The van der Waals surface area contributed by atoms with Crippen LogP contribution in [0.2, 0.25) is 0 Å². The molecule has 0 aromatic carbocycles. The second kappa shape index (κ2) is 5.47. The molecule has 2 saturated carbocycles. The Morgan fingerprint density at radius 3 is 2.65 bits per heavy atom. The quantitative estimate of drug-likeness (QED) is 0.571. The molecule has 3 aliphatic rings. The summed E-state index contributed by atoms with van der Waals surface area (Å²) in [6, 6.07) is 0. The molecule has 0 saturated heterocycles. The molecule has 0 spiro atoms. The summed E-state index contributed by atoms with van der Waals surface area (Å²) < 4.78 is 4.96. The Hall–Kier alpha value is -1.64. The molecule has 0 N–H and O–H groups in total. The average molecular weight is 314 g/mol. The molecule has 0 amide bonds. The molecule has 3 atom stereocenters. The minimum Gasteiger partial charge on any atom is -0.458 e. The van der Waals surface area contributed by atoms with Crippen molar-refractivity contribution < 1.29 is 14.3 Å². The number of fused-ring (bicyclic) bond motifs is 1. The molecular weight excluding hydrogens is 288 g/mol. The van der Waals surface area contributed by atoms with Crippen LogP contribution >= 0.6 is 0 Å². The van der Waals surface area contributed by atoms with Crippen molar-refractivity contribution in [2.75, 3.05) is 6.61 Å². The van der Waals surface area contributed by atoms with Gasteiger partial charge >= 0.3 is 5.97 Å². The number of hydrogen-bond acceptors (Lipinski definition) is 3. The molecule has 124 valence electrons. The molecule has 0 aromatic heterocycles. The number of carbonyl (C=O) groups is 2. The number of ether oxygens (including phenoxy) is 1. The van der Waals surface area contributed by atoms with Crippen LogP contribution in [0.5, 0.6) is 0 Å². The Kier molecular flexibility index (Phi) is 3.86. The first-order valence-corrected chi connectivity index (χ1v) is 8.51. The molecule has 3 nitrogen and oxygen atoms in total. The zero-order chi connectivity index (χ0) is 16.8. The van der Waals surface area contributed by atoms with Crippen LogP contribution in [0.4, 0.5) is 0 Å². The van der Waals surface area contributed by atoms with Crippen LogP contribution in [0.3, 0.4) is 0 Å². The predicted molar refractivity (Wildman–Crippen MR) is 89.7 cm³/mol. The van der Waals surface area contributed by atoms with E-state index in [4.69, 9.17) is 4.74 Å². The van der Waals surface area contributed by atoms with Crippen LogP contribution in [0.15, 0.2) is 36.0 Å². The first-order valence-electron chi connectivity index (χ1n) is 8.51. The molecule has 3 heteroatoms. The van der Waals surface area contributed by atoms with E-state index in [1.165, 1.54) is 5.57 Å². The molecule has 0 aromatic rings. The van der Waals surface area contributed by atoms with Crippen molar-refractivity contribution in [2.24, 2.45) is 22.7 Å². The first kappa shape index (κ1) is 16.2. The summed E-state index contributed by atoms with van der Waals surface area (Å²) in [5.74, 6) is 0.769. The monoisotopic (exact) mass is 314 g/mol. The average Bonchev–Trinajstić information content (AvgIpc) is 2.88. The summed E-state index contributed by atoms with van der Waals surface area (Å²) in [5, 5.41) is 0. The summed E-state index contributed by atoms with van der Waals surface area (Å²) >= 11 is 0. The highest BCUT2D eigenvalue weighted by Crippen LogP contribution is 2.60. The maximum absolute atomic E-state index is 12.4. The van der Waals surface area contributed by atoms with E-state index in [2.05, 4.69) is 33.4 Å². The third-order valence-corrected chi connectivity index (χ3v) is 6.37. The van der Waals surface area contributed by atoms with Gasteiger partial charge in [-0.15, -0.1) is 0 Å². The zero-order valence-electron chi connectivity index (χ0n) is 14.4. The van der Waals surface area contributed by atoms with Gasteiger partial charge < -0.3 is 4.74 Å². The highest BCUT2D eigenvalue weighted by atomic mass is 16.5. The van der Waals surface area contributed by atoms with Crippen LogP contribution in [0.25, 0.3) is 0 Å². The summed E-state index contributed by atoms with van der Waals surface area (Å²) in [6.45, 7) is 11.2. The van der Waals surface area contributed by atoms with Gasteiger partial charge in [-0.3, -0.25) is 4.79 Å². The van der Waals surface area contributed by atoms with E-state index in [0.717, 1.165) is 24.8 Å². The minimum atomic E-state index is -0.263. The SMILES string of the molecule is C=C1CC[C@H]2C(C)(C)C(=O)CC[C@]2(C)[C@H]1/C=C/C1=CC(=O)OC1. The van der Waals surface area contributed by atoms with Gasteiger partial charge in [-0.05, 0) is 36.2 Å². The van der Waals surface area contributed by atoms with E-state index < -0.39 is 0 Å². The topological polar surface area (TPSA) is 43.4 Å². The molecule has 1 heterocycles. The molecule has 2 aliphatic carbocycles. The number of rotatable bonds is 2. The third kappa shape index (κ3) is 2.60. The number of carbonyl (C=O) groups excluding carboxylic acids is 2. The zero-order valence-corrected chi connectivity index (χ0v) is 14.4. The van der Waals surface area contributed by atoms with E-state index >= 15 is 0 Å². The van der Waals surface area contributed by atoms with Crippen LogP contribution in [-0.4, -0.2) is 18.4 Å². The van der Waals surface area contributed by atoms with Crippen molar-refractivity contribution in [1.29, 1.82) is 0 Å². The van der Waals surface area contributed by atoms with Crippen molar-refractivity contribution in [3.8, 4) is 0 Å². The molecule has 23 heavy (non-hydrogen) atoms. The predicted octanol–water partition coefficient (Wildman–Crippen LogP) is 4.00. The Bertz CT molecular complexity index is 623. The summed E-state index contributed by atoms with van der Waals surface area (Å²) in [7, 11) is 0.